The molecule has 0 unspecified atom stereocenters. The van der Waals surface area contributed by atoms with Crippen LogP contribution in [0, 0.1) is 0 Å². The van der Waals surface area contributed by atoms with Crippen LogP contribution in [-0.4, -0.2) is 26.5 Å². The summed E-state index contributed by atoms with van der Waals surface area (Å²) < 4.78 is 0. The summed E-state index contributed by atoms with van der Waals surface area (Å²) in [4.78, 5) is 0. The maximum atomic E-state index is 4.19. The normalized spacial score (nSPS) is 12.4. The zero-order chi connectivity index (χ0) is 10.3. The first-order valence-electron chi connectivity index (χ1n) is 4.60. The van der Waals surface area contributed by atoms with E-state index in [0.29, 0.717) is 0 Å². The van der Waals surface area contributed by atoms with Crippen molar-refractivity contribution in [2.24, 2.45) is 0 Å². The van der Waals surface area contributed by atoms with Crippen LogP contribution in [0.5, 0.6) is 0 Å². The molecule has 3 nitrogen and oxygen atoms in total. The third kappa shape index (κ3) is 3.09. The van der Waals surface area contributed by atoms with E-state index in [-0.39, 0.29) is 18.9 Å². The van der Waals surface area contributed by atoms with Gasteiger partial charge in [0, 0.05) is 0 Å². The fourth-order valence-corrected chi connectivity index (χ4v) is 5.68. The molecule has 74 valence electrons. The van der Waals surface area contributed by atoms with E-state index in [1.807, 2.05) is 0 Å². The van der Waals surface area contributed by atoms with Gasteiger partial charge in [-0.15, -0.1) is 0 Å². The molecule has 1 aromatic rings. The van der Waals surface area contributed by atoms with Gasteiger partial charge in [0.2, 0.25) is 0 Å². The van der Waals surface area contributed by atoms with Gasteiger partial charge in [-0.3, -0.25) is 5.21 Å². The van der Waals surface area contributed by atoms with Crippen LogP contribution in [-0.2, 0) is 0 Å². The molecule has 0 amide bonds. The van der Waals surface area contributed by atoms with Crippen LogP contribution in [0.25, 0.3) is 0 Å². The molecule has 0 spiro atoms. The smallest absolute Gasteiger partial charge is 0.359 e. The maximum absolute atomic E-state index is 4.19. The van der Waals surface area contributed by atoms with Crippen molar-refractivity contribution in [3.63, 3.8) is 0 Å². The van der Waals surface area contributed by atoms with Crippen LogP contribution >= 0.6 is 0 Å². The predicted octanol–water partition coefficient (Wildman–Crippen LogP) is -2.47. The molecule has 1 rings (SSSR count). The molecule has 0 bridgehead atoms. The zero-order valence-corrected chi connectivity index (χ0v) is 12.3. The van der Waals surface area contributed by atoms with Crippen LogP contribution in [0.15, 0.2) is 0 Å². The standard InChI is InChI=1S/C8H18N3Si2.Li/c1-12(2,3)7-8(10-11-9-7)13(4,5)6;/h1-6H3;/q-1;+1. The Balaban J connectivity index is 0.00000169. The summed E-state index contributed by atoms with van der Waals surface area (Å²) in [5.74, 6) is 0. The molecule has 0 N–H and O–H groups in total. The van der Waals surface area contributed by atoms with E-state index in [9.17, 15) is 0 Å². The van der Waals surface area contributed by atoms with Crippen LogP contribution in [0.1, 0.15) is 0 Å². The van der Waals surface area contributed by atoms with E-state index < -0.39 is 16.1 Å². The topological polar surface area (TPSA) is 39.9 Å². The van der Waals surface area contributed by atoms with Crippen LogP contribution in [0.3, 0.4) is 0 Å². The van der Waals surface area contributed by atoms with Crippen molar-refractivity contribution in [3.05, 3.63) is 0 Å². The van der Waals surface area contributed by atoms with Crippen molar-refractivity contribution in [1.82, 2.24) is 15.4 Å². The minimum absolute atomic E-state index is 0. The molecule has 1 aromatic heterocycles. The summed E-state index contributed by atoms with van der Waals surface area (Å²) in [6.07, 6.45) is 0. The fraction of sp³-hybridized carbons (Fsp3) is 0.750. The average Bonchev–Trinajstić information content (AvgIpc) is 2.27. The summed E-state index contributed by atoms with van der Waals surface area (Å²) in [6.45, 7) is 13.8. The van der Waals surface area contributed by atoms with E-state index >= 15 is 0 Å². The van der Waals surface area contributed by atoms with Gasteiger partial charge in [-0.25, -0.2) is 0 Å². The number of nitrogens with zero attached hydrogens (tertiary/aromatic N) is 3. The Morgan fingerprint density at radius 3 is 1.71 bits per heavy atom. The maximum Gasteiger partial charge on any atom is 1.00 e. The molecule has 0 radical (unpaired) electrons. The van der Waals surface area contributed by atoms with Crippen LogP contribution < -0.4 is 34.6 Å². The summed E-state index contributed by atoms with van der Waals surface area (Å²) in [5, 5.41) is 14.6. The molecule has 0 aromatic carbocycles. The van der Waals surface area contributed by atoms with Crippen molar-refractivity contribution in [1.29, 1.82) is 0 Å². The Morgan fingerprint density at radius 1 is 0.929 bits per heavy atom. The molecule has 0 aliphatic heterocycles. The first kappa shape index (κ1) is 14.2. The van der Waals surface area contributed by atoms with Gasteiger partial charge >= 0.3 is 18.9 Å². The van der Waals surface area contributed by atoms with Crippen molar-refractivity contribution in [3.8, 4) is 0 Å². The Bertz CT molecular complexity index is 270. The Hall–Kier alpha value is 0.171. The first-order valence-corrected chi connectivity index (χ1v) is 11.6. The Labute approximate surface area is 100 Å². The molecule has 0 aliphatic carbocycles. The molecule has 14 heavy (non-hydrogen) atoms. The zero-order valence-electron chi connectivity index (χ0n) is 10.3. The average molecular weight is 219 g/mol. The van der Waals surface area contributed by atoms with Crippen molar-refractivity contribution >= 4 is 26.8 Å². The van der Waals surface area contributed by atoms with Crippen molar-refractivity contribution in [2.45, 2.75) is 39.3 Å². The summed E-state index contributed by atoms with van der Waals surface area (Å²) in [7, 11) is -2.67. The molecular weight excluding hydrogens is 201 g/mol. The summed E-state index contributed by atoms with van der Waals surface area (Å²) in [5.41, 5.74) is 0. The van der Waals surface area contributed by atoms with E-state index in [4.69, 9.17) is 0 Å². The first-order chi connectivity index (χ1) is 5.73. The largest absolute Gasteiger partial charge is 1.00 e. The number of hydrogen-bond acceptors (Lipinski definition) is 2. The van der Waals surface area contributed by atoms with Gasteiger partial charge in [-0.1, -0.05) is 49.9 Å². The number of aromatic nitrogens is 3. The molecule has 0 aliphatic rings. The second kappa shape index (κ2) is 4.35. The molecular formula is C8H18LiN3Si2. The summed E-state index contributed by atoms with van der Waals surface area (Å²) in [6, 6.07) is 0. The molecule has 6 heteroatoms. The fourth-order valence-electron chi connectivity index (χ4n) is 1.22. The van der Waals surface area contributed by atoms with Gasteiger partial charge in [0.15, 0.2) is 0 Å². The summed E-state index contributed by atoms with van der Waals surface area (Å²) >= 11 is 0. The van der Waals surface area contributed by atoms with Crippen LogP contribution in [0.2, 0.25) is 39.3 Å². The monoisotopic (exact) mass is 219 g/mol. The minimum atomic E-state index is -1.34. The SMILES string of the molecule is C[Si](C)(C)c1nn[n-]c1[Si](C)(C)C.[Li+]. The molecule has 1 heterocycles. The second-order valence-electron chi connectivity index (χ2n) is 5.49. The second-order valence-corrected chi connectivity index (χ2v) is 15.4. The number of hydrogen-bond donors (Lipinski definition) is 0. The quantitative estimate of drug-likeness (QED) is 0.518. The van der Waals surface area contributed by atoms with Crippen molar-refractivity contribution < 1.29 is 18.9 Å². The molecule has 0 saturated carbocycles. The molecule has 0 saturated heterocycles. The van der Waals surface area contributed by atoms with Gasteiger partial charge in [0.1, 0.15) is 0 Å². The molecule has 0 fully saturated rings. The van der Waals surface area contributed by atoms with Gasteiger partial charge < -0.3 is 10.2 Å². The minimum Gasteiger partial charge on any atom is -0.359 e. The van der Waals surface area contributed by atoms with Crippen molar-refractivity contribution in [2.75, 3.05) is 0 Å². The number of rotatable bonds is 2. The van der Waals surface area contributed by atoms with Gasteiger partial charge in [-0.2, -0.15) is 0 Å². The Morgan fingerprint density at radius 2 is 1.43 bits per heavy atom. The Kier molecular flexibility index (Phi) is 4.41. The van der Waals surface area contributed by atoms with Gasteiger partial charge in [0.25, 0.3) is 0 Å². The van der Waals surface area contributed by atoms with E-state index in [1.165, 1.54) is 10.6 Å². The van der Waals surface area contributed by atoms with E-state index in [1.54, 1.807) is 0 Å². The van der Waals surface area contributed by atoms with Crippen LogP contribution in [0.4, 0.5) is 0 Å². The van der Waals surface area contributed by atoms with E-state index in [2.05, 4.69) is 54.7 Å². The van der Waals surface area contributed by atoms with E-state index in [0.717, 1.165) is 0 Å². The molecule has 0 atom stereocenters. The van der Waals surface area contributed by atoms with Gasteiger partial charge in [-0.05, 0) is 0 Å². The van der Waals surface area contributed by atoms with Gasteiger partial charge in [0.05, 0.1) is 16.1 Å². The third-order valence-corrected chi connectivity index (χ3v) is 5.70. The predicted molar refractivity (Wildman–Crippen MR) is 61.3 cm³/mol. The third-order valence-electron chi connectivity index (χ3n) is 1.93.